The minimum Gasteiger partial charge on any atom is -0.355 e. The first-order chi connectivity index (χ1) is 17.8. The van der Waals surface area contributed by atoms with Crippen LogP contribution in [0.3, 0.4) is 0 Å². The zero-order valence-electron chi connectivity index (χ0n) is 20.7. The van der Waals surface area contributed by atoms with Crippen LogP contribution in [-0.4, -0.2) is 66.5 Å². The quantitative estimate of drug-likeness (QED) is 0.310. The van der Waals surface area contributed by atoms with Gasteiger partial charge in [-0.3, -0.25) is 23.5 Å². The molecule has 3 aromatic heterocycles. The number of aryl methyl sites for hydroxylation is 1. The summed E-state index contributed by atoms with van der Waals surface area (Å²) in [5.41, 5.74) is 5.66. The van der Waals surface area contributed by atoms with Crippen LogP contribution in [0.2, 0.25) is 5.15 Å². The van der Waals surface area contributed by atoms with Crippen molar-refractivity contribution in [1.82, 2.24) is 34.3 Å². The number of pyridine rings is 1. The molecule has 0 radical (unpaired) electrons. The van der Waals surface area contributed by atoms with Crippen LogP contribution in [0.15, 0.2) is 27.9 Å². The second-order valence-electron chi connectivity index (χ2n) is 9.09. The molecule has 1 fully saturated rings. The van der Waals surface area contributed by atoms with Gasteiger partial charge in [0.05, 0.1) is 0 Å². The van der Waals surface area contributed by atoms with E-state index in [1.165, 1.54) is 17.7 Å². The molecule has 2 amide bonds. The van der Waals surface area contributed by atoms with Crippen molar-refractivity contribution in [1.29, 1.82) is 0 Å². The third-order valence-corrected chi connectivity index (χ3v) is 6.77. The SMILES string of the molecule is CC(=O)NCCn1c(=O)c2[nH]c(-c3ccc(Cl)nc3)nc2n(CCCC2CCC(=O)N2CCCN)c1=O. The van der Waals surface area contributed by atoms with Gasteiger partial charge in [-0.25, -0.2) is 14.8 Å². The minimum atomic E-state index is -0.517. The number of nitrogens with one attached hydrogen (secondary N) is 2. The largest absolute Gasteiger partial charge is 0.355 e. The number of hydrogen-bond donors (Lipinski definition) is 3. The normalized spacial score (nSPS) is 15.6. The Balaban J connectivity index is 1.65. The molecule has 3 aromatic rings. The van der Waals surface area contributed by atoms with Crippen LogP contribution < -0.4 is 22.3 Å². The molecular weight excluding hydrogens is 500 g/mol. The van der Waals surface area contributed by atoms with Crippen LogP contribution in [0.1, 0.15) is 39.0 Å². The number of hydrogen-bond acceptors (Lipinski definition) is 7. The van der Waals surface area contributed by atoms with Gasteiger partial charge in [-0.15, -0.1) is 0 Å². The van der Waals surface area contributed by atoms with E-state index in [1.54, 1.807) is 12.1 Å². The second-order valence-corrected chi connectivity index (χ2v) is 9.48. The lowest BCUT2D eigenvalue weighted by molar-refractivity contribution is -0.129. The van der Waals surface area contributed by atoms with E-state index in [-0.39, 0.29) is 42.1 Å². The summed E-state index contributed by atoms with van der Waals surface area (Å²) in [5, 5.41) is 2.94. The Labute approximate surface area is 217 Å². The van der Waals surface area contributed by atoms with E-state index in [1.807, 2.05) is 4.90 Å². The standard InChI is InChI=1S/C24H31ClN8O4/c1-15(34)27-10-13-33-23(36)20-22(30-21(29-20)16-5-7-18(25)28-14-16)32(24(33)37)11-2-4-17-6-8-19(35)31(17)12-3-9-26/h5,7,14,17H,2-4,6,8-13,26H2,1H3,(H,27,34)(H,29,30). The molecular formula is C24H31ClN8O4. The predicted octanol–water partition coefficient (Wildman–Crippen LogP) is 0.858. The molecule has 1 aliphatic heterocycles. The fourth-order valence-electron chi connectivity index (χ4n) is 4.71. The Bertz CT molecular complexity index is 1390. The maximum Gasteiger partial charge on any atom is 0.332 e. The van der Waals surface area contributed by atoms with Crippen LogP contribution in [0.4, 0.5) is 0 Å². The second kappa shape index (κ2) is 11.7. The molecule has 0 spiro atoms. The maximum atomic E-state index is 13.4. The van der Waals surface area contributed by atoms with Crippen molar-refractivity contribution in [2.24, 2.45) is 5.73 Å². The zero-order valence-corrected chi connectivity index (χ0v) is 21.5. The number of nitrogens with zero attached hydrogens (tertiary/aromatic N) is 5. The molecule has 198 valence electrons. The summed E-state index contributed by atoms with van der Waals surface area (Å²) < 4.78 is 2.59. The van der Waals surface area contributed by atoms with Gasteiger partial charge in [0.1, 0.15) is 16.5 Å². The van der Waals surface area contributed by atoms with E-state index >= 15 is 0 Å². The Kier molecular flexibility index (Phi) is 8.39. The number of nitrogens with two attached hydrogens (primary N) is 1. The van der Waals surface area contributed by atoms with Crippen molar-refractivity contribution in [3.8, 4) is 11.4 Å². The zero-order chi connectivity index (χ0) is 26.5. The predicted molar refractivity (Wildman–Crippen MR) is 139 cm³/mol. The van der Waals surface area contributed by atoms with E-state index < -0.39 is 11.2 Å². The van der Waals surface area contributed by atoms with E-state index in [2.05, 4.69) is 20.3 Å². The van der Waals surface area contributed by atoms with E-state index in [4.69, 9.17) is 17.3 Å². The highest BCUT2D eigenvalue weighted by atomic mass is 35.5. The van der Waals surface area contributed by atoms with Crippen LogP contribution in [0, 0.1) is 0 Å². The molecule has 0 saturated carbocycles. The number of fused-ring (bicyclic) bond motifs is 1. The molecule has 4 rings (SSSR count). The van der Waals surface area contributed by atoms with E-state index in [0.717, 1.165) is 17.4 Å². The fraction of sp³-hybridized carbons (Fsp3) is 0.500. The number of imidazole rings is 1. The third kappa shape index (κ3) is 5.91. The van der Waals surface area contributed by atoms with Gasteiger partial charge in [-0.05, 0) is 44.4 Å². The number of amides is 2. The molecule has 0 bridgehead atoms. The van der Waals surface area contributed by atoms with E-state index in [9.17, 15) is 19.2 Å². The number of carbonyl (C=O) groups is 2. The molecule has 1 atom stereocenters. The van der Waals surface area contributed by atoms with Crippen LogP contribution >= 0.6 is 11.6 Å². The van der Waals surface area contributed by atoms with Gasteiger partial charge in [-0.2, -0.15) is 0 Å². The van der Waals surface area contributed by atoms with Gasteiger partial charge in [0.2, 0.25) is 11.8 Å². The fourth-order valence-corrected chi connectivity index (χ4v) is 4.82. The first-order valence-corrected chi connectivity index (χ1v) is 12.8. The highest BCUT2D eigenvalue weighted by Crippen LogP contribution is 2.24. The molecule has 1 saturated heterocycles. The molecule has 12 nitrogen and oxygen atoms in total. The lowest BCUT2D eigenvalue weighted by Gasteiger charge is -2.24. The summed E-state index contributed by atoms with van der Waals surface area (Å²) >= 11 is 5.90. The smallest absolute Gasteiger partial charge is 0.332 e. The van der Waals surface area contributed by atoms with Gasteiger partial charge in [0.15, 0.2) is 5.65 Å². The average molecular weight is 531 g/mol. The number of carbonyl (C=O) groups excluding carboxylic acids is 2. The number of H-pyrrole nitrogens is 1. The van der Waals surface area contributed by atoms with Crippen molar-refractivity contribution in [2.45, 2.75) is 58.2 Å². The average Bonchev–Trinajstić information content (AvgIpc) is 3.46. The van der Waals surface area contributed by atoms with E-state index in [0.29, 0.717) is 55.4 Å². The Hall–Kier alpha value is -3.51. The third-order valence-electron chi connectivity index (χ3n) is 6.55. The van der Waals surface area contributed by atoms with Crippen molar-refractivity contribution < 1.29 is 9.59 Å². The number of rotatable bonds is 11. The summed E-state index contributed by atoms with van der Waals surface area (Å²) in [4.78, 5) is 63.7. The molecule has 4 N–H and O–H groups in total. The molecule has 13 heteroatoms. The van der Waals surface area contributed by atoms with Crippen LogP contribution in [-0.2, 0) is 22.7 Å². The lowest BCUT2D eigenvalue weighted by Crippen LogP contribution is -2.42. The van der Waals surface area contributed by atoms with Gasteiger partial charge < -0.3 is 20.9 Å². The summed E-state index contributed by atoms with van der Waals surface area (Å²) in [5.74, 6) is 0.273. The van der Waals surface area contributed by atoms with Gasteiger partial charge in [0.25, 0.3) is 5.56 Å². The topological polar surface area (TPSA) is 161 Å². The summed E-state index contributed by atoms with van der Waals surface area (Å²) in [7, 11) is 0. The number of halogens is 1. The Morgan fingerprint density at radius 3 is 2.70 bits per heavy atom. The van der Waals surface area contributed by atoms with Crippen LogP contribution in [0.25, 0.3) is 22.6 Å². The molecule has 1 aliphatic rings. The highest BCUT2D eigenvalue weighted by molar-refractivity contribution is 6.29. The van der Waals surface area contributed by atoms with Crippen LogP contribution in [0.5, 0.6) is 0 Å². The first-order valence-electron chi connectivity index (χ1n) is 12.4. The van der Waals surface area contributed by atoms with Gasteiger partial charge >= 0.3 is 5.69 Å². The summed E-state index contributed by atoms with van der Waals surface area (Å²) in [6, 6.07) is 3.44. The summed E-state index contributed by atoms with van der Waals surface area (Å²) in [6.07, 6.45) is 4.90. The summed E-state index contributed by atoms with van der Waals surface area (Å²) in [6.45, 7) is 3.00. The number of aromatic nitrogens is 5. The monoisotopic (exact) mass is 530 g/mol. The molecule has 0 aromatic carbocycles. The van der Waals surface area contributed by atoms with Gasteiger partial charge in [-0.1, -0.05) is 11.6 Å². The molecule has 1 unspecified atom stereocenters. The van der Waals surface area contributed by atoms with Crippen molar-refractivity contribution in [3.05, 3.63) is 44.3 Å². The number of likely N-dealkylation sites (tertiary alicyclic amines) is 1. The highest BCUT2D eigenvalue weighted by Gasteiger charge is 2.30. The molecule has 37 heavy (non-hydrogen) atoms. The van der Waals surface area contributed by atoms with Gasteiger partial charge in [0, 0.05) is 57.3 Å². The maximum absolute atomic E-state index is 13.4. The first kappa shape index (κ1) is 26.6. The molecule has 0 aliphatic carbocycles. The van der Waals surface area contributed by atoms with Crippen molar-refractivity contribution >= 4 is 34.6 Å². The molecule has 4 heterocycles. The Morgan fingerprint density at radius 1 is 1.19 bits per heavy atom. The Morgan fingerprint density at radius 2 is 2.00 bits per heavy atom. The minimum absolute atomic E-state index is 0.0219. The number of aromatic amines is 1. The lowest BCUT2D eigenvalue weighted by atomic mass is 10.1. The van der Waals surface area contributed by atoms with Crippen molar-refractivity contribution in [2.75, 3.05) is 19.6 Å². The van der Waals surface area contributed by atoms with Crippen molar-refractivity contribution in [3.63, 3.8) is 0 Å².